The van der Waals surface area contributed by atoms with Crippen molar-refractivity contribution in [3.63, 3.8) is 0 Å². The van der Waals surface area contributed by atoms with E-state index in [2.05, 4.69) is 15.9 Å². The number of hydrogen-bond acceptors (Lipinski definition) is 5. The van der Waals surface area contributed by atoms with E-state index < -0.39 is 18.2 Å². The van der Waals surface area contributed by atoms with Crippen LogP contribution in [0.4, 0.5) is 0 Å². The third-order valence-electron chi connectivity index (χ3n) is 7.21. The molecule has 0 radical (unpaired) electrons. The molecule has 0 bridgehead atoms. The number of esters is 2. The number of fused-ring (bicyclic) bond motifs is 1. The fraction of sp³-hybridized carbons (Fsp3) is 0.290. The van der Waals surface area contributed by atoms with Crippen molar-refractivity contribution < 1.29 is 24.2 Å². The third kappa shape index (κ3) is 6.20. The molecule has 0 aromatic heterocycles. The van der Waals surface area contributed by atoms with Crippen LogP contribution in [0, 0.1) is 11.8 Å². The second-order valence-corrected chi connectivity index (χ2v) is 10.6. The molecule has 190 valence electrons. The molecule has 1 aliphatic heterocycles. The SMILES string of the molecule is O=C1C[C@@H]2[C@@H](/C=C/[C@H](O)CCc3cccc(Br)c3)[C@H](OC(=O)c3ccc(-c4ccccc4)cc3)C[C@@H]2O1. The normalized spacial score (nSPS) is 23.6. The quantitative estimate of drug-likeness (QED) is 0.264. The van der Waals surface area contributed by atoms with Gasteiger partial charge in [-0.1, -0.05) is 82.7 Å². The van der Waals surface area contributed by atoms with E-state index >= 15 is 0 Å². The summed E-state index contributed by atoms with van der Waals surface area (Å²) in [5.74, 6) is -0.863. The van der Waals surface area contributed by atoms with E-state index in [1.807, 2.05) is 72.8 Å². The molecule has 2 fully saturated rings. The van der Waals surface area contributed by atoms with Gasteiger partial charge < -0.3 is 14.6 Å². The zero-order valence-corrected chi connectivity index (χ0v) is 21.9. The minimum atomic E-state index is -0.641. The average molecular weight is 561 g/mol. The van der Waals surface area contributed by atoms with Gasteiger partial charge in [-0.2, -0.15) is 0 Å². The Morgan fingerprint density at radius 3 is 2.57 bits per heavy atom. The van der Waals surface area contributed by atoms with Crippen LogP contribution in [-0.2, 0) is 20.7 Å². The molecule has 3 aromatic carbocycles. The van der Waals surface area contributed by atoms with Gasteiger partial charge in [-0.05, 0) is 53.8 Å². The maximum atomic E-state index is 13.0. The molecular formula is C31H29BrO5. The fourth-order valence-corrected chi connectivity index (χ4v) is 5.73. The molecule has 1 heterocycles. The molecular weight excluding hydrogens is 532 g/mol. The number of carbonyl (C=O) groups is 2. The molecule has 0 spiro atoms. The summed E-state index contributed by atoms with van der Waals surface area (Å²) in [5, 5.41) is 10.6. The first-order chi connectivity index (χ1) is 18.0. The minimum absolute atomic E-state index is 0.0562. The van der Waals surface area contributed by atoms with Gasteiger partial charge in [0.15, 0.2) is 0 Å². The van der Waals surface area contributed by atoms with E-state index in [4.69, 9.17) is 9.47 Å². The molecule has 1 saturated carbocycles. The summed E-state index contributed by atoms with van der Waals surface area (Å²) < 4.78 is 12.4. The Morgan fingerprint density at radius 1 is 1.05 bits per heavy atom. The number of aryl methyl sites for hydroxylation is 1. The molecule has 5 nitrogen and oxygen atoms in total. The highest BCUT2D eigenvalue weighted by Gasteiger charge is 2.50. The predicted octanol–water partition coefficient (Wildman–Crippen LogP) is 6.14. The highest BCUT2D eigenvalue weighted by molar-refractivity contribution is 9.10. The molecule has 3 aromatic rings. The Morgan fingerprint density at radius 2 is 1.81 bits per heavy atom. The zero-order valence-electron chi connectivity index (χ0n) is 20.3. The van der Waals surface area contributed by atoms with Crippen molar-refractivity contribution in [2.24, 2.45) is 11.8 Å². The van der Waals surface area contributed by atoms with Crippen molar-refractivity contribution in [2.45, 2.75) is 44.0 Å². The van der Waals surface area contributed by atoms with Crippen LogP contribution in [0.1, 0.15) is 35.2 Å². The van der Waals surface area contributed by atoms with Crippen LogP contribution in [0.25, 0.3) is 11.1 Å². The zero-order chi connectivity index (χ0) is 25.8. The van der Waals surface area contributed by atoms with Crippen LogP contribution in [0.2, 0.25) is 0 Å². The van der Waals surface area contributed by atoms with Crippen LogP contribution >= 0.6 is 15.9 Å². The van der Waals surface area contributed by atoms with Crippen LogP contribution < -0.4 is 0 Å². The summed E-state index contributed by atoms with van der Waals surface area (Å²) >= 11 is 3.48. The first-order valence-corrected chi connectivity index (χ1v) is 13.4. The fourth-order valence-electron chi connectivity index (χ4n) is 5.28. The number of ether oxygens (including phenoxy) is 2. The van der Waals surface area contributed by atoms with Crippen LogP contribution in [0.5, 0.6) is 0 Å². The molecule has 5 rings (SSSR count). The summed E-state index contributed by atoms with van der Waals surface area (Å²) in [6.07, 6.45) is 4.43. The van der Waals surface area contributed by atoms with Crippen molar-refractivity contribution >= 4 is 27.9 Å². The van der Waals surface area contributed by atoms with E-state index in [-0.39, 0.29) is 23.9 Å². The van der Waals surface area contributed by atoms with Crippen LogP contribution in [0.15, 0.2) is 95.5 Å². The van der Waals surface area contributed by atoms with Gasteiger partial charge in [0, 0.05) is 22.7 Å². The van der Waals surface area contributed by atoms with Crippen molar-refractivity contribution in [3.8, 4) is 11.1 Å². The monoisotopic (exact) mass is 560 g/mol. The molecule has 0 amide bonds. The van der Waals surface area contributed by atoms with Gasteiger partial charge in [0.2, 0.25) is 0 Å². The number of benzene rings is 3. The summed E-state index contributed by atoms with van der Waals surface area (Å²) in [6.45, 7) is 0. The largest absolute Gasteiger partial charge is 0.462 e. The van der Waals surface area contributed by atoms with Gasteiger partial charge in [-0.3, -0.25) is 4.79 Å². The number of carbonyl (C=O) groups excluding carboxylic acids is 2. The lowest BCUT2D eigenvalue weighted by Crippen LogP contribution is -2.25. The molecule has 1 N–H and O–H groups in total. The van der Waals surface area contributed by atoms with E-state index in [0.717, 1.165) is 27.6 Å². The number of aliphatic hydroxyl groups is 1. The highest BCUT2D eigenvalue weighted by atomic mass is 79.9. The summed E-state index contributed by atoms with van der Waals surface area (Å²) in [7, 11) is 0. The second kappa shape index (κ2) is 11.4. The predicted molar refractivity (Wildman–Crippen MR) is 145 cm³/mol. The third-order valence-corrected chi connectivity index (χ3v) is 7.70. The van der Waals surface area contributed by atoms with Crippen LogP contribution in [-0.4, -0.2) is 35.4 Å². The van der Waals surface area contributed by atoms with Gasteiger partial charge in [0.05, 0.1) is 18.1 Å². The number of aliphatic hydroxyl groups excluding tert-OH is 1. The number of rotatable bonds is 8. The standard InChI is InChI=1S/C31H29BrO5/c32-24-8-4-5-20(17-24)9-14-25(33)15-16-26-27-18-30(34)36-29(27)19-28(26)37-31(35)23-12-10-22(11-13-23)21-6-2-1-3-7-21/h1-8,10-13,15-17,25-29,33H,9,14,18-19H2/b16-15+/t25-,26-,27-,28-,29+/m1/s1. The summed E-state index contributed by atoms with van der Waals surface area (Å²) in [6, 6.07) is 25.4. The number of hydrogen-bond donors (Lipinski definition) is 1. The maximum Gasteiger partial charge on any atom is 0.338 e. The molecule has 2 aliphatic rings. The minimum Gasteiger partial charge on any atom is -0.462 e. The highest BCUT2D eigenvalue weighted by Crippen LogP contribution is 2.43. The van der Waals surface area contributed by atoms with Gasteiger partial charge in [-0.15, -0.1) is 0 Å². The van der Waals surface area contributed by atoms with Crippen molar-refractivity contribution in [2.75, 3.05) is 0 Å². The van der Waals surface area contributed by atoms with Crippen LogP contribution in [0.3, 0.4) is 0 Å². The Bertz CT molecular complexity index is 1270. The van der Waals surface area contributed by atoms with Crippen molar-refractivity contribution in [1.29, 1.82) is 0 Å². The van der Waals surface area contributed by atoms with E-state index in [1.54, 1.807) is 18.2 Å². The Kier molecular flexibility index (Phi) is 7.87. The van der Waals surface area contributed by atoms with E-state index in [0.29, 0.717) is 24.8 Å². The Hall–Kier alpha value is -3.22. The van der Waals surface area contributed by atoms with Gasteiger partial charge in [0.25, 0.3) is 0 Å². The lowest BCUT2D eigenvalue weighted by molar-refractivity contribution is -0.141. The topological polar surface area (TPSA) is 72.8 Å². The molecule has 1 saturated heterocycles. The van der Waals surface area contributed by atoms with E-state index in [9.17, 15) is 14.7 Å². The van der Waals surface area contributed by atoms with E-state index in [1.165, 1.54) is 0 Å². The van der Waals surface area contributed by atoms with Gasteiger partial charge in [0.1, 0.15) is 12.2 Å². The lowest BCUT2D eigenvalue weighted by atomic mass is 9.91. The second-order valence-electron chi connectivity index (χ2n) is 9.72. The maximum absolute atomic E-state index is 13.0. The van der Waals surface area contributed by atoms with Gasteiger partial charge in [-0.25, -0.2) is 4.79 Å². The Balaban J connectivity index is 1.24. The van der Waals surface area contributed by atoms with Gasteiger partial charge >= 0.3 is 11.9 Å². The number of halogens is 1. The van der Waals surface area contributed by atoms with Crippen molar-refractivity contribution in [3.05, 3.63) is 107 Å². The molecule has 5 atom stereocenters. The van der Waals surface area contributed by atoms with Crippen molar-refractivity contribution in [1.82, 2.24) is 0 Å². The lowest BCUT2D eigenvalue weighted by Gasteiger charge is -2.20. The smallest absolute Gasteiger partial charge is 0.338 e. The average Bonchev–Trinajstić information content (AvgIpc) is 3.42. The molecule has 0 unspecified atom stereocenters. The summed E-state index contributed by atoms with van der Waals surface area (Å²) in [4.78, 5) is 24.9. The first kappa shape index (κ1) is 25.4. The summed E-state index contributed by atoms with van der Waals surface area (Å²) in [5.41, 5.74) is 3.72. The molecule has 37 heavy (non-hydrogen) atoms. The molecule has 1 aliphatic carbocycles. The first-order valence-electron chi connectivity index (χ1n) is 12.6. The molecule has 6 heteroatoms. The Labute approximate surface area is 225 Å².